The smallest absolute Gasteiger partial charge is 0.255 e. The predicted octanol–water partition coefficient (Wildman–Crippen LogP) is 3.89. The molecule has 3 aromatic rings. The van der Waals surface area contributed by atoms with Crippen LogP contribution in [0.5, 0.6) is 0 Å². The minimum Gasteiger partial charge on any atom is -0.366 e. The van der Waals surface area contributed by atoms with E-state index in [0.29, 0.717) is 0 Å². The van der Waals surface area contributed by atoms with Gasteiger partial charge in [0.1, 0.15) is 0 Å². The van der Waals surface area contributed by atoms with Crippen LogP contribution in [0.4, 0.5) is 5.69 Å². The van der Waals surface area contributed by atoms with Gasteiger partial charge in [-0.05, 0) is 42.9 Å². The first-order valence-electron chi connectivity index (χ1n) is 10.1. The average Bonchev–Trinajstić information content (AvgIpc) is 2.78. The van der Waals surface area contributed by atoms with Gasteiger partial charge in [-0.25, -0.2) is 5.48 Å². The van der Waals surface area contributed by atoms with Crippen molar-refractivity contribution in [2.75, 3.05) is 32.1 Å². The zero-order valence-corrected chi connectivity index (χ0v) is 17.5. The van der Waals surface area contributed by atoms with Gasteiger partial charge in [-0.2, -0.15) is 0 Å². The van der Waals surface area contributed by atoms with E-state index in [1.165, 1.54) is 5.56 Å². The van der Waals surface area contributed by atoms with E-state index < -0.39 is 11.8 Å². The highest BCUT2D eigenvalue weighted by Crippen LogP contribution is 2.27. The first-order valence-corrected chi connectivity index (χ1v) is 10.1. The van der Waals surface area contributed by atoms with Gasteiger partial charge in [-0.3, -0.25) is 10.0 Å². The van der Waals surface area contributed by atoms with Crippen LogP contribution in [-0.4, -0.2) is 43.2 Å². The van der Waals surface area contributed by atoms with Crippen LogP contribution in [0.25, 0.3) is 0 Å². The van der Waals surface area contributed by atoms with Crippen LogP contribution in [-0.2, 0) is 11.3 Å². The van der Waals surface area contributed by atoms with Crippen LogP contribution in [0.1, 0.15) is 22.6 Å². The molecule has 0 aliphatic rings. The van der Waals surface area contributed by atoms with Crippen LogP contribution < -0.4 is 10.4 Å². The van der Waals surface area contributed by atoms with Gasteiger partial charge in [0.15, 0.2) is 0 Å². The summed E-state index contributed by atoms with van der Waals surface area (Å²) in [7, 11) is 4.14. The summed E-state index contributed by atoms with van der Waals surface area (Å²) < 4.78 is 0. The first kappa shape index (κ1) is 21.6. The van der Waals surface area contributed by atoms with Crippen molar-refractivity contribution in [2.24, 2.45) is 0 Å². The van der Waals surface area contributed by atoms with Crippen LogP contribution in [0.15, 0.2) is 84.9 Å². The second kappa shape index (κ2) is 10.6. The number of nitrogens with one attached hydrogen (secondary N) is 1. The predicted molar refractivity (Wildman–Crippen MR) is 121 cm³/mol. The number of nitrogens with zero attached hydrogens (tertiary/aromatic N) is 2. The van der Waals surface area contributed by atoms with Crippen molar-refractivity contribution in [1.29, 1.82) is 0 Å². The molecule has 1 atom stereocenters. The molecule has 1 unspecified atom stereocenters. The van der Waals surface area contributed by atoms with Gasteiger partial charge < -0.3 is 9.80 Å². The lowest BCUT2D eigenvalue weighted by Gasteiger charge is -2.27. The van der Waals surface area contributed by atoms with E-state index in [1.54, 1.807) is 0 Å². The van der Waals surface area contributed by atoms with Gasteiger partial charge in [-0.1, -0.05) is 72.8 Å². The van der Waals surface area contributed by atoms with Crippen molar-refractivity contribution in [3.05, 3.63) is 102 Å². The van der Waals surface area contributed by atoms with Crippen LogP contribution in [0, 0.1) is 0 Å². The fourth-order valence-electron chi connectivity index (χ4n) is 3.51. The average molecular weight is 404 g/mol. The minimum absolute atomic E-state index is 0.442. The number of benzene rings is 3. The Balaban J connectivity index is 1.86. The van der Waals surface area contributed by atoms with E-state index in [4.69, 9.17) is 0 Å². The van der Waals surface area contributed by atoms with E-state index in [1.807, 2.05) is 54.0 Å². The molecule has 1 amide bonds. The molecule has 3 aromatic carbocycles. The monoisotopic (exact) mass is 403 g/mol. The molecular formula is C25H29N3O2. The van der Waals surface area contributed by atoms with Gasteiger partial charge in [0, 0.05) is 25.3 Å². The summed E-state index contributed by atoms with van der Waals surface area (Å²) in [6.07, 6.45) is 0. The van der Waals surface area contributed by atoms with E-state index in [-0.39, 0.29) is 0 Å². The van der Waals surface area contributed by atoms with Crippen molar-refractivity contribution in [3.8, 4) is 0 Å². The van der Waals surface area contributed by atoms with E-state index in [2.05, 4.69) is 60.3 Å². The molecule has 5 nitrogen and oxygen atoms in total. The molecule has 0 saturated carbocycles. The summed E-state index contributed by atoms with van der Waals surface area (Å²) in [6, 6.07) is 27.9. The van der Waals surface area contributed by atoms with Crippen LogP contribution in [0.3, 0.4) is 0 Å². The van der Waals surface area contributed by atoms with Gasteiger partial charge in [-0.15, -0.1) is 0 Å². The summed E-state index contributed by atoms with van der Waals surface area (Å²) >= 11 is 0. The zero-order chi connectivity index (χ0) is 21.3. The molecule has 0 aliphatic carbocycles. The second-order valence-electron chi connectivity index (χ2n) is 7.62. The quantitative estimate of drug-likeness (QED) is 0.420. The van der Waals surface area contributed by atoms with Crippen molar-refractivity contribution in [1.82, 2.24) is 10.4 Å². The maximum atomic E-state index is 12.4. The summed E-state index contributed by atoms with van der Waals surface area (Å²) in [5.41, 5.74) is 5.84. The highest BCUT2D eigenvalue weighted by atomic mass is 16.5. The third kappa shape index (κ3) is 5.69. The first-order chi connectivity index (χ1) is 14.6. The fraction of sp³-hybridized carbons (Fsp3) is 0.240. The normalized spacial score (nSPS) is 11.9. The van der Waals surface area contributed by atoms with E-state index in [0.717, 1.165) is 36.4 Å². The summed E-state index contributed by atoms with van der Waals surface area (Å²) in [4.78, 5) is 16.9. The maximum absolute atomic E-state index is 12.4. The number of carbonyl (C=O) groups is 1. The standard InChI is InChI=1S/C25H29N3O2/c1-27(2)17-18-28(19-20-9-5-3-6-10-20)23-15-13-22(14-16-23)24(25(29)26-30)21-11-7-4-8-12-21/h3-16,24,30H,17-19H2,1-2H3,(H,26,29). The Morgan fingerprint density at radius 2 is 1.40 bits per heavy atom. The Morgan fingerprint density at radius 3 is 1.97 bits per heavy atom. The molecule has 0 heterocycles. The Kier molecular flexibility index (Phi) is 7.60. The Hall–Kier alpha value is -3.15. The minimum atomic E-state index is -0.561. The lowest BCUT2D eigenvalue weighted by Crippen LogP contribution is -2.31. The van der Waals surface area contributed by atoms with Crippen LogP contribution in [0.2, 0.25) is 0 Å². The zero-order valence-electron chi connectivity index (χ0n) is 17.5. The molecule has 156 valence electrons. The van der Waals surface area contributed by atoms with Crippen LogP contribution >= 0.6 is 0 Å². The molecule has 0 bridgehead atoms. The van der Waals surface area contributed by atoms with Crippen molar-refractivity contribution in [2.45, 2.75) is 12.5 Å². The summed E-state index contributed by atoms with van der Waals surface area (Å²) in [5, 5.41) is 9.24. The molecule has 0 fully saturated rings. The molecule has 2 N–H and O–H groups in total. The number of anilines is 1. The molecule has 3 rings (SSSR count). The summed E-state index contributed by atoms with van der Waals surface area (Å²) in [5.74, 6) is -1.00. The number of rotatable bonds is 9. The number of hydroxylamine groups is 1. The van der Waals surface area contributed by atoms with Crippen molar-refractivity contribution >= 4 is 11.6 Å². The van der Waals surface area contributed by atoms with Gasteiger partial charge in [0.25, 0.3) is 5.91 Å². The summed E-state index contributed by atoms with van der Waals surface area (Å²) in [6.45, 7) is 2.64. The number of likely N-dealkylation sites (N-methyl/N-ethyl adjacent to an activating group) is 1. The molecule has 0 spiro atoms. The number of hydrogen-bond acceptors (Lipinski definition) is 4. The number of hydrogen-bond donors (Lipinski definition) is 2. The van der Waals surface area contributed by atoms with Crippen molar-refractivity contribution < 1.29 is 10.0 Å². The molecule has 0 aromatic heterocycles. The SMILES string of the molecule is CN(C)CCN(Cc1ccccc1)c1ccc(C(C(=O)NO)c2ccccc2)cc1. The number of carbonyl (C=O) groups excluding carboxylic acids is 1. The van der Waals surface area contributed by atoms with Gasteiger partial charge >= 0.3 is 0 Å². The highest BCUT2D eigenvalue weighted by Gasteiger charge is 2.22. The van der Waals surface area contributed by atoms with E-state index >= 15 is 0 Å². The van der Waals surface area contributed by atoms with Crippen molar-refractivity contribution in [3.63, 3.8) is 0 Å². The molecule has 30 heavy (non-hydrogen) atoms. The Morgan fingerprint density at radius 1 is 0.833 bits per heavy atom. The largest absolute Gasteiger partial charge is 0.366 e. The second-order valence-corrected chi connectivity index (χ2v) is 7.62. The lowest BCUT2D eigenvalue weighted by atomic mass is 9.90. The van der Waals surface area contributed by atoms with Gasteiger partial charge in [0.2, 0.25) is 0 Å². The molecule has 0 saturated heterocycles. The highest BCUT2D eigenvalue weighted by molar-refractivity contribution is 5.86. The third-order valence-corrected chi connectivity index (χ3v) is 5.13. The Labute approximate surface area is 178 Å². The molecule has 0 radical (unpaired) electrons. The molecule has 5 heteroatoms. The fourth-order valence-corrected chi connectivity index (χ4v) is 3.51. The number of amides is 1. The van der Waals surface area contributed by atoms with Gasteiger partial charge in [0.05, 0.1) is 5.92 Å². The molecule has 0 aliphatic heterocycles. The Bertz CT molecular complexity index is 912. The van der Waals surface area contributed by atoms with E-state index in [9.17, 15) is 10.0 Å². The third-order valence-electron chi connectivity index (χ3n) is 5.13. The molecular weight excluding hydrogens is 374 g/mol. The lowest BCUT2D eigenvalue weighted by molar-refractivity contribution is -0.129. The maximum Gasteiger partial charge on any atom is 0.255 e. The topological polar surface area (TPSA) is 55.8 Å².